The van der Waals surface area contributed by atoms with Gasteiger partial charge in [-0.1, -0.05) is 24.3 Å². The highest BCUT2D eigenvalue weighted by Gasteiger charge is 2.18. The molecule has 0 spiro atoms. The van der Waals surface area contributed by atoms with E-state index >= 15 is 0 Å². The molecule has 1 aliphatic heterocycles. The number of fused-ring (bicyclic) bond motifs is 1. The Kier molecular flexibility index (Phi) is 5.03. The molecule has 1 heterocycles. The minimum atomic E-state index is 0.366. The smallest absolute Gasteiger partial charge is 0.160 e. The predicted molar refractivity (Wildman–Crippen MR) is 90.7 cm³/mol. The topological polar surface area (TPSA) is 39.7 Å². The summed E-state index contributed by atoms with van der Waals surface area (Å²) in [5, 5.41) is 3.58. The minimum Gasteiger partial charge on any atom is -0.493 e. The van der Waals surface area contributed by atoms with Crippen LogP contribution in [0.2, 0.25) is 0 Å². The zero-order valence-electron chi connectivity index (χ0n) is 13.7. The molecule has 0 saturated heterocycles. The first-order valence-electron chi connectivity index (χ1n) is 7.95. The third kappa shape index (κ3) is 3.77. The van der Waals surface area contributed by atoms with E-state index in [1.54, 1.807) is 14.2 Å². The Hall–Kier alpha value is -2.20. The molecular weight excluding hydrogens is 290 g/mol. The minimum absolute atomic E-state index is 0.366. The Morgan fingerprint density at radius 3 is 2.74 bits per heavy atom. The van der Waals surface area contributed by atoms with E-state index in [1.807, 2.05) is 24.3 Å². The van der Waals surface area contributed by atoms with Crippen LogP contribution in [0.15, 0.2) is 42.5 Å². The van der Waals surface area contributed by atoms with Crippen LogP contribution in [-0.2, 0) is 12.8 Å². The summed E-state index contributed by atoms with van der Waals surface area (Å²) >= 11 is 0. The quantitative estimate of drug-likeness (QED) is 0.890. The van der Waals surface area contributed by atoms with Crippen molar-refractivity contribution in [3.05, 3.63) is 53.6 Å². The largest absolute Gasteiger partial charge is 0.493 e. The van der Waals surface area contributed by atoms with Crippen LogP contribution >= 0.6 is 0 Å². The summed E-state index contributed by atoms with van der Waals surface area (Å²) in [7, 11) is 3.32. The van der Waals surface area contributed by atoms with Gasteiger partial charge in [0.05, 0.1) is 14.2 Å². The predicted octanol–water partition coefficient (Wildman–Crippen LogP) is 2.84. The number of ether oxygens (including phenoxy) is 3. The van der Waals surface area contributed by atoms with Gasteiger partial charge in [0.15, 0.2) is 11.5 Å². The van der Waals surface area contributed by atoms with E-state index in [0.717, 1.165) is 43.2 Å². The second-order valence-corrected chi connectivity index (χ2v) is 5.71. The van der Waals surface area contributed by atoms with E-state index in [1.165, 1.54) is 11.1 Å². The van der Waals surface area contributed by atoms with E-state index in [9.17, 15) is 0 Å². The van der Waals surface area contributed by atoms with Crippen molar-refractivity contribution in [1.82, 2.24) is 5.32 Å². The van der Waals surface area contributed by atoms with Crippen molar-refractivity contribution >= 4 is 0 Å². The summed E-state index contributed by atoms with van der Waals surface area (Å²) in [6.07, 6.45) is 1.96. The zero-order chi connectivity index (χ0) is 16.1. The van der Waals surface area contributed by atoms with Crippen LogP contribution in [0.4, 0.5) is 0 Å². The molecule has 23 heavy (non-hydrogen) atoms. The highest BCUT2D eigenvalue weighted by molar-refractivity contribution is 5.43. The fourth-order valence-corrected chi connectivity index (χ4v) is 2.92. The van der Waals surface area contributed by atoms with Gasteiger partial charge in [-0.15, -0.1) is 0 Å². The molecule has 2 aromatic carbocycles. The van der Waals surface area contributed by atoms with Gasteiger partial charge < -0.3 is 19.5 Å². The lowest BCUT2D eigenvalue weighted by Crippen LogP contribution is -2.40. The maximum Gasteiger partial charge on any atom is 0.160 e. The summed E-state index contributed by atoms with van der Waals surface area (Å²) in [4.78, 5) is 0. The molecule has 0 fully saturated rings. The van der Waals surface area contributed by atoms with Crippen LogP contribution in [-0.4, -0.2) is 33.4 Å². The highest BCUT2D eigenvalue weighted by atomic mass is 16.5. The van der Waals surface area contributed by atoms with E-state index in [0.29, 0.717) is 6.04 Å². The summed E-state index contributed by atoms with van der Waals surface area (Å²) in [6.45, 7) is 1.63. The summed E-state index contributed by atoms with van der Waals surface area (Å²) in [5.41, 5.74) is 2.51. The van der Waals surface area contributed by atoms with E-state index in [4.69, 9.17) is 14.2 Å². The van der Waals surface area contributed by atoms with E-state index in [-0.39, 0.29) is 0 Å². The molecule has 4 heteroatoms. The molecule has 0 radical (unpaired) electrons. The Morgan fingerprint density at radius 2 is 1.91 bits per heavy atom. The molecule has 0 aromatic heterocycles. The Labute approximate surface area is 137 Å². The number of hydrogen-bond acceptors (Lipinski definition) is 4. The van der Waals surface area contributed by atoms with Crippen molar-refractivity contribution in [2.45, 2.75) is 18.9 Å². The average Bonchev–Trinajstić information content (AvgIpc) is 2.61. The van der Waals surface area contributed by atoms with Gasteiger partial charge in [0.2, 0.25) is 0 Å². The van der Waals surface area contributed by atoms with Crippen LogP contribution in [0.5, 0.6) is 17.2 Å². The first kappa shape index (κ1) is 15.7. The van der Waals surface area contributed by atoms with Crippen molar-refractivity contribution < 1.29 is 14.2 Å². The molecule has 0 amide bonds. The number of benzene rings is 2. The van der Waals surface area contributed by atoms with Crippen LogP contribution in [0.25, 0.3) is 0 Å². The van der Waals surface area contributed by atoms with E-state index < -0.39 is 0 Å². The highest BCUT2D eigenvalue weighted by Crippen LogP contribution is 2.27. The van der Waals surface area contributed by atoms with Crippen LogP contribution < -0.4 is 19.5 Å². The third-order valence-corrected chi connectivity index (χ3v) is 4.17. The molecule has 122 valence electrons. The monoisotopic (exact) mass is 313 g/mol. The molecule has 1 unspecified atom stereocenters. The number of methoxy groups -OCH3 is 2. The van der Waals surface area contributed by atoms with Crippen LogP contribution in [0.3, 0.4) is 0 Å². The lowest BCUT2D eigenvalue weighted by molar-refractivity contribution is 0.239. The van der Waals surface area contributed by atoms with Crippen molar-refractivity contribution in [3.63, 3.8) is 0 Å². The molecule has 1 aliphatic rings. The van der Waals surface area contributed by atoms with Gasteiger partial charge in [-0.25, -0.2) is 0 Å². The summed E-state index contributed by atoms with van der Waals surface area (Å²) < 4.78 is 16.4. The fraction of sp³-hybridized carbons (Fsp3) is 0.368. The van der Waals surface area contributed by atoms with Gasteiger partial charge in [0, 0.05) is 6.04 Å². The lowest BCUT2D eigenvalue weighted by Gasteiger charge is -2.26. The van der Waals surface area contributed by atoms with Crippen molar-refractivity contribution in [2.24, 2.45) is 0 Å². The lowest BCUT2D eigenvalue weighted by atomic mass is 10.0. The molecule has 1 atom stereocenters. The zero-order valence-corrected chi connectivity index (χ0v) is 13.7. The third-order valence-electron chi connectivity index (χ3n) is 4.17. The second-order valence-electron chi connectivity index (χ2n) is 5.71. The SMILES string of the molecule is COc1ccc(CCNC2COc3ccccc3C2)cc1OC. The van der Waals surface area contributed by atoms with Crippen molar-refractivity contribution in [2.75, 3.05) is 27.4 Å². The first-order valence-corrected chi connectivity index (χ1v) is 7.95. The van der Waals surface area contributed by atoms with Crippen LogP contribution in [0, 0.1) is 0 Å². The maximum atomic E-state index is 5.81. The summed E-state index contributed by atoms with van der Waals surface area (Å²) in [5.74, 6) is 2.56. The Morgan fingerprint density at radius 1 is 1.09 bits per heavy atom. The standard InChI is InChI=1S/C19H23NO3/c1-21-18-8-7-14(11-19(18)22-2)9-10-20-16-12-15-5-3-4-6-17(15)23-13-16/h3-8,11,16,20H,9-10,12-13H2,1-2H3. The Balaban J connectivity index is 1.52. The number of rotatable bonds is 6. The van der Waals surface area contributed by atoms with Gasteiger partial charge in [-0.2, -0.15) is 0 Å². The maximum absolute atomic E-state index is 5.81. The van der Waals surface area contributed by atoms with Crippen LogP contribution in [0.1, 0.15) is 11.1 Å². The van der Waals surface area contributed by atoms with Gasteiger partial charge in [0.25, 0.3) is 0 Å². The van der Waals surface area contributed by atoms with Gasteiger partial charge in [-0.05, 0) is 48.7 Å². The van der Waals surface area contributed by atoms with Crippen molar-refractivity contribution in [3.8, 4) is 17.2 Å². The van der Waals surface area contributed by atoms with Gasteiger partial charge in [0.1, 0.15) is 12.4 Å². The van der Waals surface area contributed by atoms with Crippen molar-refractivity contribution in [1.29, 1.82) is 0 Å². The number of hydrogen-bond donors (Lipinski definition) is 1. The average molecular weight is 313 g/mol. The fourth-order valence-electron chi connectivity index (χ4n) is 2.92. The number of nitrogens with one attached hydrogen (secondary N) is 1. The number of para-hydroxylation sites is 1. The van der Waals surface area contributed by atoms with E-state index in [2.05, 4.69) is 23.5 Å². The van der Waals surface area contributed by atoms with Gasteiger partial charge in [-0.3, -0.25) is 0 Å². The molecule has 1 N–H and O–H groups in total. The first-order chi connectivity index (χ1) is 11.3. The molecular formula is C19H23NO3. The Bertz CT molecular complexity index is 657. The van der Waals surface area contributed by atoms with Gasteiger partial charge >= 0.3 is 0 Å². The molecule has 2 aromatic rings. The normalized spacial score (nSPS) is 16.3. The summed E-state index contributed by atoms with van der Waals surface area (Å²) in [6, 6.07) is 14.7. The molecule has 4 nitrogen and oxygen atoms in total. The molecule has 3 rings (SSSR count). The second kappa shape index (κ2) is 7.38. The molecule has 0 saturated carbocycles. The molecule has 0 aliphatic carbocycles. The molecule has 0 bridgehead atoms.